The summed E-state index contributed by atoms with van der Waals surface area (Å²) in [7, 11) is -2.44. The molecule has 1 atom stereocenters. The summed E-state index contributed by atoms with van der Waals surface area (Å²) in [5, 5.41) is 2.32. The highest BCUT2D eigenvalue weighted by molar-refractivity contribution is 7.89. The number of aromatic nitrogens is 1. The first kappa shape index (κ1) is 16.9. The Morgan fingerprint density at radius 2 is 2.10 bits per heavy atom. The molecule has 1 amide bonds. The maximum atomic E-state index is 12.2. The van der Waals surface area contributed by atoms with Gasteiger partial charge in [0.1, 0.15) is 16.1 Å². The van der Waals surface area contributed by atoms with E-state index in [2.05, 4.69) is 15.0 Å². The first-order chi connectivity index (χ1) is 9.27. The molecule has 0 saturated heterocycles. The minimum absolute atomic E-state index is 0.125. The van der Waals surface area contributed by atoms with Gasteiger partial charge >= 0.3 is 0 Å². The molecular weight excluding hydrogens is 302 g/mol. The number of halogens is 1. The number of carbonyl (C=O) groups is 1. The van der Waals surface area contributed by atoms with Crippen molar-refractivity contribution in [3.63, 3.8) is 0 Å². The summed E-state index contributed by atoms with van der Waals surface area (Å²) in [4.78, 5) is 15.3. The Kier molecular flexibility index (Phi) is 5.91. The molecule has 0 bridgehead atoms. The topological polar surface area (TPSA) is 88.2 Å². The summed E-state index contributed by atoms with van der Waals surface area (Å²) in [6.45, 7) is 3.81. The molecule has 0 radical (unpaired) electrons. The van der Waals surface area contributed by atoms with E-state index in [4.69, 9.17) is 11.6 Å². The van der Waals surface area contributed by atoms with Crippen LogP contribution in [0.4, 0.5) is 0 Å². The predicted octanol–water partition coefficient (Wildman–Crippen LogP) is 1.17. The second-order valence-electron chi connectivity index (χ2n) is 4.71. The Hall–Kier alpha value is -1.18. The van der Waals surface area contributed by atoms with Gasteiger partial charge in [0.15, 0.2) is 0 Å². The van der Waals surface area contributed by atoms with E-state index in [1.165, 1.54) is 25.4 Å². The lowest BCUT2D eigenvalue weighted by Gasteiger charge is -2.19. The first-order valence-electron chi connectivity index (χ1n) is 6.12. The normalized spacial score (nSPS) is 13.2. The predicted molar refractivity (Wildman–Crippen MR) is 76.9 cm³/mol. The fourth-order valence-corrected chi connectivity index (χ4v) is 3.34. The fraction of sp³-hybridized carbons (Fsp3) is 0.500. The van der Waals surface area contributed by atoms with Crippen molar-refractivity contribution in [1.82, 2.24) is 15.0 Å². The summed E-state index contributed by atoms with van der Waals surface area (Å²) < 4.78 is 26.9. The third-order valence-corrected chi connectivity index (χ3v) is 4.50. The molecule has 0 aliphatic rings. The molecule has 1 heterocycles. The van der Waals surface area contributed by atoms with Crippen molar-refractivity contribution in [3.8, 4) is 0 Å². The number of likely N-dealkylation sites (N-methyl/N-ethyl adjacent to an activating group) is 1. The molecule has 0 aliphatic carbocycles. The van der Waals surface area contributed by atoms with Crippen LogP contribution < -0.4 is 10.0 Å². The van der Waals surface area contributed by atoms with Crippen molar-refractivity contribution in [2.45, 2.75) is 31.2 Å². The maximum Gasteiger partial charge on any atom is 0.244 e. The van der Waals surface area contributed by atoms with Gasteiger partial charge in [0.2, 0.25) is 15.9 Å². The average Bonchev–Trinajstić information content (AvgIpc) is 2.36. The summed E-state index contributed by atoms with van der Waals surface area (Å²) >= 11 is 5.78. The lowest BCUT2D eigenvalue weighted by atomic mass is 10.0. The van der Waals surface area contributed by atoms with Gasteiger partial charge in [-0.2, -0.15) is 4.72 Å². The molecule has 1 aromatic rings. The molecule has 1 rings (SSSR count). The van der Waals surface area contributed by atoms with Gasteiger partial charge in [-0.15, -0.1) is 0 Å². The molecule has 1 aromatic heterocycles. The number of sulfonamides is 1. The minimum Gasteiger partial charge on any atom is -0.358 e. The van der Waals surface area contributed by atoms with Crippen LogP contribution in [0.15, 0.2) is 23.2 Å². The lowest BCUT2D eigenvalue weighted by molar-refractivity contribution is -0.122. The van der Waals surface area contributed by atoms with Gasteiger partial charge in [0, 0.05) is 13.2 Å². The highest BCUT2D eigenvalue weighted by atomic mass is 35.5. The van der Waals surface area contributed by atoms with Crippen molar-refractivity contribution in [1.29, 1.82) is 0 Å². The van der Waals surface area contributed by atoms with E-state index in [1.807, 2.05) is 13.8 Å². The summed E-state index contributed by atoms with van der Waals surface area (Å²) in [6, 6.07) is 1.97. The number of nitrogens with zero attached hydrogens (tertiary/aromatic N) is 1. The molecule has 0 saturated carbocycles. The van der Waals surface area contributed by atoms with Crippen molar-refractivity contribution < 1.29 is 13.2 Å². The van der Waals surface area contributed by atoms with Crippen LogP contribution in [-0.4, -0.2) is 32.4 Å². The highest BCUT2D eigenvalue weighted by Crippen LogP contribution is 2.18. The van der Waals surface area contributed by atoms with Crippen molar-refractivity contribution in [3.05, 3.63) is 23.5 Å². The Morgan fingerprint density at radius 3 is 2.60 bits per heavy atom. The molecule has 2 N–H and O–H groups in total. The number of hydrogen-bond donors (Lipinski definition) is 2. The monoisotopic (exact) mass is 319 g/mol. The Morgan fingerprint density at radius 1 is 1.45 bits per heavy atom. The standard InChI is InChI=1S/C12H18ClN3O3S/c1-8(2)7-9(12(17)14-3)16-20(18,19)10-5-4-6-15-11(10)13/h4-6,8-9,16H,7H2,1-3H3,(H,14,17). The number of amides is 1. The summed E-state index contributed by atoms with van der Waals surface area (Å²) in [5.41, 5.74) is 0. The third kappa shape index (κ3) is 4.43. The Bertz CT molecular complexity index is 575. The average molecular weight is 320 g/mol. The summed E-state index contributed by atoms with van der Waals surface area (Å²) in [6.07, 6.45) is 1.78. The molecular formula is C12H18ClN3O3S. The van der Waals surface area contributed by atoms with E-state index in [1.54, 1.807) is 0 Å². The molecule has 0 aromatic carbocycles. The van der Waals surface area contributed by atoms with Gasteiger partial charge in [-0.3, -0.25) is 4.79 Å². The molecule has 1 unspecified atom stereocenters. The van der Waals surface area contributed by atoms with Crippen LogP contribution in [0.3, 0.4) is 0 Å². The number of hydrogen-bond acceptors (Lipinski definition) is 4. The van der Waals surface area contributed by atoms with E-state index in [-0.39, 0.29) is 21.9 Å². The number of nitrogens with one attached hydrogen (secondary N) is 2. The minimum atomic E-state index is -3.90. The van der Waals surface area contributed by atoms with Crippen molar-refractivity contribution in [2.75, 3.05) is 7.05 Å². The van der Waals surface area contributed by atoms with Gasteiger partial charge < -0.3 is 5.32 Å². The molecule has 112 valence electrons. The van der Waals surface area contributed by atoms with E-state index < -0.39 is 16.1 Å². The Labute approximate surface area is 124 Å². The number of rotatable bonds is 6. The Balaban J connectivity index is 3.03. The van der Waals surface area contributed by atoms with Gasteiger partial charge in [0.25, 0.3) is 0 Å². The number of pyridine rings is 1. The third-order valence-electron chi connectivity index (χ3n) is 2.58. The van der Waals surface area contributed by atoms with Crippen LogP contribution in [-0.2, 0) is 14.8 Å². The smallest absolute Gasteiger partial charge is 0.244 e. The number of carbonyl (C=O) groups excluding carboxylic acids is 1. The summed E-state index contributed by atoms with van der Waals surface area (Å²) in [5.74, 6) is -0.230. The maximum absolute atomic E-state index is 12.2. The lowest BCUT2D eigenvalue weighted by Crippen LogP contribution is -2.46. The van der Waals surface area contributed by atoms with Crippen LogP contribution >= 0.6 is 11.6 Å². The largest absolute Gasteiger partial charge is 0.358 e. The molecule has 0 aliphatic heterocycles. The quantitative estimate of drug-likeness (QED) is 0.770. The van der Waals surface area contributed by atoms with Crippen molar-refractivity contribution >= 4 is 27.5 Å². The second-order valence-corrected chi connectivity index (χ2v) is 6.75. The second kappa shape index (κ2) is 7.01. The van der Waals surface area contributed by atoms with Crippen LogP contribution in [0.1, 0.15) is 20.3 Å². The zero-order valence-corrected chi connectivity index (χ0v) is 13.1. The van der Waals surface area contributed by atoms with Gasteiger partial charge in [0.05, 0.1) is 0 Å². The van der Waals surface area contributed by atoms with E-state index >= 15 is 0 Å². The molecule has 6 nitrogen and oxygen atoms in total. The van der Waals surface area contributed by atoms with Crippen LogP contribution in [0.25, 0.3) is 0 Å². The van der Waals surface area contributed by atoms with Crippen molar-refractivity contribution in [2.24, 2.45) is 5.92 Å². The van der Waals surface area contributed by atoms with Gasteiger partial charge in [-0.05, 0) is 24.5 Å². The first-order valence-corrected chi connectivity index (χ1v) is 7.98. The molecule has 0 spiro atoms. The molecule has 0 fully saturated rings. The van der Waals surface area contributed by atoms with Crippen LogP contribution in [0.5, 0.6) is 0 Å². The highest BCUT2D eigenvalue weighted by Gasteiger charge is 2.27. The fourth-order valence-electron chi connectivity index (χ4n) is 1.68. The van der Waals surface area contributed by atoms with Gasteiger partial charge in [-0.25, -0.2) is 13.4 Å². The SMILES string of the molecule is CNC(=O)C(CC(C)C)NS(=O)(=O)c1cccnc1Cl. The van der Waals surface area contributed by atoms with E-state index in [9.17, 15) is 13.2 Å². The van der Waals surface area contributed by atoms with Gasteiger partial charge in [-0.1, -0.05) is 25.4 Å². The van der Waals surface area contributed by atoms with E-state index in [0.717, 1.165) is 0 Å². The molecule has 8 heteroatoms. The zero-order valence-electron chi connectivity index (χ0n) is 11.6. The van der Waals surface area contributed by atoms with Crippen LogP contribution in [0, 0.1) is 5.92 Å². The zero-order chi connectivity index (χ0) is 15.3. The van der Waals surface area contributed by atoms with Crippen LogP contribution in [0.2, 0.25) is 5.15 Å². The molecule has 20 heavy (non-hydrogen) atoms. The van der Waals surface area contributed by atoms with E-state index in [0.29, 0.717) is 6.42 Å².